The first-order valence-electron chi connectivity index (χ1n) is 7.00. The zero-order valence-corrected chi connectivity index (χ0v) is 12.6. The number of benzene rings is 1. The fourth-order valence-corrected chi connectivity index (χ4v) is 4.43. The summed E-state index contributed by atoms with van der Waals surface area (Å²) >= 11 is 0. The molecule has 106 valence electrons. The van der Waals surface area contributed by atoms with Crippen molar-refractivity contribution in [2.75, 3.05) is 18.1 Å². The lowest BCUT2D eigenvalue weighted by atomic mass is 10.1. The van der Waals surface area contributed by atoms with Gasteiger partial charge in [0.1, 0.15) is 0 Å². The Morgan fingerprint density at radius 1 is 1.26 bits per heavy atom. The molecule has 0 amide bonds. The monoisotopic (exact) mass is 281 g/mol. The molecule has 0 unspecified atom stereocenters. The molecule has 19 heavy (non-hydrogen) atoms. The summed E-state index contributed by atoms with van der Waals surface area (Å²) in [6, 6.07) is 8.71. The van der Waals surface area contributed by atoms with E-state index in [-0.39, 0.29) is 6.04 Å². The maximum absolute atomic E-state index is 11.6. The molecular weight excluding hydrogens is 258 g/mol. The minimum Gasteiger partial charge on any atom is -0.295 e. The van der Waals surface area contributed by atoms with E-state index in [4.69, 9.17) is 0 Å². The molecule has 0 aromatic heterocycles. The summed E-state index contributed by atoms with van der Waals surface area (Å²) in [5.41, 5.74) is 2.53. The highest BCUT2D eigenvalue weighted by molar-refractivity contribution is 7.91. The first-order valence-corrected chi connectivity index (χ1v) is 8.82. The van der Waals surface area contributed by atoms with Gasteiger partial charge in [0.15, 0.2) is 9.84 Å². The molecule has 2 rings (SSSR count). The molecule has 0 bridgehead atoms. The van der Waals surface area contributed by atoms with E-state index < -0.39 is 9.84 Å². The Hall–Kier alpha value is -0.870. The average Bonchev–Trinajstić information content (AvgIpc) is 2.72. The number of hydrogen-bond donors (Lipinski definition) is 0. The van der Waals surface area contributed by atoms with E-state index in [9.17, 15) is 8.42 Å². The Balaban J connectivity index is 2.06. The number of nitrogens with zero attached hydrogens (tertiary/aromatic N) is 1. The first kappa shape index (κ1) is 14.5. The van der Waals surface area contributed by atoms with Crippen LogP contribution in [0.4, 0.5) is 0 Å². The van der Waals surface area contributed by atoms with E-state index in [0.717, 1.165) is 25.9 Å². The summed E-state index contributed by atoms with van der Waals surface area (Å²) in [6.45, 7) is 6.05. The maximum Gasteiger partial charge on any atom is 0.151 e. The van der Waals surface area contributed by atoms with Gasteiger partial charge in [0.05, 0.1) is 11.5 Å². The van der Waals surface area contributed by atoms with Crippen molar-refractivity contribution in [3.8, 4) is 0 Å². The molecule has 1 fully saturated rings. The Bertz CT molecular complexity index is 507. The highest BCUT2D eigenvalue weighted by Gasteiger charge is 2.31. The van der Waals surface area contributed by atoms with Gasteiger partial charge < -0.3 is 0 Å². The third-order valence-corrected chi connectivity index (χ3v) is 5.49. The fourth-order valence-electron chi connectivity index (χ4n) is 2.67. The second-order valence-corrected chi connectivity index (χ2v) is 7.74. The van der Waals surface area contributed by atoms with Crippen LogP contribution in [0.2, 0.25) is 0 Å². The number of rotatable bonds is 5. The summed E-state index contributed by atoms with van der Waals surface area (Å²) in [5, 5.41) is 0. The molecule has 0 spiro atoms. The van der Waals surface area contributed by atoms with Gasteiger partial charge in [-0.1, -0.05) is 36.8 Å². The van der Waals surface area contributed by atoms with Crippen LogP contribution < -0.4 is 0 Å². The summed E-state index contributed by atoms with van der Waals surface area (Å²) in [4.78, 5) is 2.33. The van der Waals surface area contributed by atoms with Gasteiger partial charge in [0.25, 0.3) is 0 Å². The van der Waals surface area contributed by atoms with E-state index in [0.29, 0.717) is 11.5 Å². The van der Waals surface area contributed by atoms with Gasteiger partial charge in [-0.15, -0.1) is 0 Å². The third kappa shape index (κ3) is 4.05. The van der Waals surface area contributed by atoms with Crippen LogP contribution in [0.1, 0.15) is 30.9 Å². The lowest BCUT2D eigenvalue weighted by Crippen LogP contribution is -2.36. The number of hydrogen-bond acceptors (Lipinski definition) is 3. The Morgan fingerprint density at radius 2 is 1.95 bits per heavy atom. The van der Waals surface area contributed by atoms with Crippen LogP contribution in [-0.2, 0) is 16.4 Å². The molecule has 1 heterocycles. The molecule has 3 nitrogen and oxygen atoms in total. The van der Waals surface area contributed by atoms with Crippen molar-refractivity contribution in [3.05, 3.63) is 35.4 Å². The minimum absolute atomic E-state index is 0.200. The molecule has 1 aromatic carbocycles. The van der Waals surface area contributed by atoms with Crippen LogP contribution in [0.5, 0.6) is 0 Å². The number of sulfone groups is 1. The Morgan fingerprint density at radius 3 is 2.47 bits per heavy atom. The molecular formula is C15H23NO2S. The van der Waals surface area contributed by atoms with Crippen molar-refractivity contribution in [1.82, 2.24) is 4.90 Å². The van der Waals surface area contributed by atoms with Crippen molar-refractivity contribution in [1.29, 1.82) is 0 Å². The molecule has 1 saturated heterocycles. The van der Waals surface area contributed by atoms with Gasteiger partial charge in [-0.2, -0.15) is 0 Å². The maximum atomic E-state index is 11.6. The van der Waals surface area contributed by atoms with E-state index >= 15 is 0 Å². The topological polar surface area (TPSA) is 37.4 Å². The minimum atomic E-state index is -2.80. The third-order valence-electron chi connectivity index (χ3n) is 3.74. The van der Waals surface area contributed by atoms with Gasteiger partial charge in [-0.25, -0.2) is 8.42 Å². The fraction of sp³-hybridized carbons (Fsp3) is 0.600. The predicted octanol–water partition coefficient (Wildman–Crippen LogP) is 2.39. The predicted molar refractivity (Wildman–Crippen MR) is 78.9 cm³/mol. The Labute approximate surface area is 116 Å². The molecule has 0 aliphatic carbocycles. The van der Waals surface area contributed by atoms with Gasteiger partial charge in [0, 0.05) is 12.6 Å². The van der Waals surface area contributed by atoms with Gasteiger partial charge in [0.2, 0.25) is 0 Å². The smallest absolute Gasteiger partial charge is 0.151 e. The molecule has 0 radical (unpaired) electrons. The van der Waals surface area contributed by atoms with E-state index in [1.54, 1.807) is 0 Å². The van der Waals surface area contributed by atoms with Crippen molar-refractivity contribution in [2.45, 2.75) is 39.3 Å². The lowest BCUT2D eigenvalue weighted by Gasteiger charge is -2.27. The Kier molecular flexibility index (Phi) is 4.63. The molecule has 1 aromatic rings. The molecule has 4 heteroatoms. The molecule has 0 N–H and O–H groups in total. The van der Waals surface area contributed by atoms with Crippen LogP contribution in [0.3, 0.4) is 0 Å². The second kappa shape index (κ2) is 6.06. The molecule has 0 saturated carbocycles. The average molecular weight is 281 g/mol. The SMILES string of the molecule is CCCN(Cc1ccc(C)cc1)[C@@H]1CCS(=O)(=O)C1. The van der Waals surface area contributed by atoms with E-state index in [1.807, 2.05) is 0 Å². The summed E-state index contributed by atoms with van der Waals surface area (Å²) in [6.07, 6.45) is 1.84. The van der Waals surface area contributed by atoms with E-state index in [1.165, 1.54) is 11.1 Å². The van der Waals surface area contributed by atoms with Gasteiger partial charge in [-0.3, -0.25) is 4.90 Å². The zero-order valence-electron chi connectivity index (χ0n) is 11.8. The van der Waals surface area contributed by atoms with Crippen molar-refractivity contribution in [3.63, 3.8) is 0 Å². The highest BCUT2D eigenvalue weighted by atomic mass is 32.2. The zero-order chi connectivity index (χ0) is 13.9. The van der Waals surface area contributed by atoms with Gasteiger partial charge >= 0.3 is 0 Å². The second-order valence-electron chi connectivity index (χ2n) is 5.51. The summed E-state index contributed by atoms with van der Waals surface area (Å²) in [7, 11) is -2.80. The van der Waals surface area contributed by atoms with Crippen LogP contribution in [0, 0.1) is 6.92 Å². The normalized spacial score (nSPS) is 21.9. The van der Waals surface area contributed by atoms with Gasteiger partial charge in [-0.05, 0) is 31.9 Å². The van der Waals surface area contributed by atoms with Crippen molar-refractivity contribution >= 4 is 9.84 Å². The standard InChI is InChI=1S/C15H23NO2S/c1-3-9-16(15-8-10-19(17,18)12-15)11-14-6-4-13(2)5-7-14/h4-7,15H,3,8-12H2,1-2H3/t15-/m1/s1. The lowest BCUT2D eigenvalue weighted by molar-refractivity contribution is 0.204. The van der Waals surface area contributed by atoms with Crippen molar-refractivity contribution < 1.29 is 8.42 Å². The van der Waals surface area contributed by atoms with Crippen LogP contribution >= 0.6 is 0 Å². The van der Waals surface area contributed by atoms with Crippen LogP contribution in [0.15, 0.2) is 24.3 Å². The van der Waals surface area contributed by atoms with Crippen LogP contribution in [-0.4, -0.2) is 37.4 Å². The van der Waals surface area contributed by atoms with E-state index in [2.05, 4.69) is 43.0 Å². The van der Waals surface area contributed by atoms with Crippen LogP contribution in [0.25, 0.3) is 0 Å². The summed E-state index contributed by atoms with van der Waals surface area (Å²) in [5.74, 6) is 0.685. The quantitative estimate of drug-likeness (QED) is 0.831. The number of aryl methyl sites for hydroxylation is 1. The largest absolute Gasteiger partial charge is 0.295 e. The highest BCUT2D eigenvalue weighted by Crippen LogP contribution is 2.20. The van der Waals surface area contributed by atoms with Crippen molar-refractivity contribution in [2.24, 2.45) is 0 Å². The summed E-state index contributed by atoms with van der Waals surface area (Å²) < 4.78 is 23.2. The molecule has 1 atom stereocenters. The first-order chi connectivity index (χ1) is 9.00. The molecule has 1 aliphatic rings. The molecule has 1 aliphatic heterocycles.